The number of rotatable bonds is 5. The summed E-state index contributed by atoms with van der Waals surface area (Å²) in [6.07, 6.45) is 0. The van der Waals surface area contributed by atoms with E-state index in [-0.39, 0.29) is 41.0 Å². The largest absolute Gasteiger partial charge is 0.358 e. The number of piperazine rings is 1. The van der Waals surface area contributed by atoms with Crippen LogP contribution in [0.15, 0.2) is 64.5 Å². The summed E-state index contributed by atoms with van der Waals surface area (Å²) in [5, 5.41) is 5.59. The van der Waals surface area contributed by atoms with Crippen molar-refractivity contribution in [2.45, 2.75) is 35.6 Å². The molecule has 37 heavy (non-hydrogen) atoms. The van der Waals surface area contributed by atoms with Crippen LogP contribution in [0, 0.1) is 11.5 Å². The Morgan fingerprint density at radius 3 is 2.38 bits per heavy atom. The van der Waals surface area contributed by atoms with E-state index >= 15 is 0 Å². The summed E-state index contributed by atoms with van der Waals surface area (Å²) in [7, 11) is -8.76. The Bertz CT molecular complexity index is 1620. The first kappa shape index (κ1) is 27.1. The standard InChI is InChI=1S/C25H30N4O5S2Si/c1-26-25(30)22-18-28(14-13-27-22)36(33,34)24-17-20-16-19(12-15-37(2,3)4)10-11-23(20)29(24)35(31,32)21-8-6-5-7-9-21/h5-11,16-17,22,27H,13-14,18H2,1-4H3,(H,26,30). The van der Waals surface area contributed by atoms with E-state index in [4.69, 9.17) is 0 Å². The first-order valence-corrected chi connectivity index (χ1v) is 18.2. The van der Waals surface area contributed by atoms with E-state index in [2.05, 4.69) is 41.7 Å². The van der Waals surface area contributed by atoms with Gasteiger partial charge in [0.25, 0.3) is 20.0 Å². The molecule has 1 fully saturated rings. The van der Waals surface area contributed by atoms with Crippen molar-refractivity contribution < 1.29 is 21.6 Å². The number of fused-ring (bicyclic) bond motifs is 1. The fraction of sp³-hybridized carbons (Fsp3) is 0.320. The number of likely N-dealkylation sites (N-methyl/N-ethyl adjacent to an activating group) is 1. The molecule has 12 heteroatoms. The third kappa shape index (κ3) is 5.51. The number of benzene rings is 2. The van der Waals surface area contributed by atoms with E-state index in [1.54, 1.807) is 36.4 Å². The molecule has 1 atom stereocenters. The molecule has 1 aliphatic rings. The van der Waals surface area contributed by atoms with Crippen molar-refractivity contribution in [2.75, 3.05) is 26.7 Å². The molecule has 1 aromatic heterocycles. The molecule has 2 N–H and O–H groups in total. The zero-order valence-electron chi connectivity index (χ0n) is 21.1. The summed E-state index contributed by atoms with van der Waals surface area (Å²) in [6.45, 7) is 6.57. The fourth-order valence-corrected chi connectivity index (χ4v) is 8.10. The maximum Gasteiger partial charge on any atom is 0.269 e. The number of amides is 1. The highest BCUT2D eigenvalue weighted by molar-refractivity contribution is 7.92. The highest BCUT2D eigenvalue weighted by Gasteiger charge is 2.37. The molecular weight excluding hydrogens is 529 g/mol. The normalized spacial score (nSPS) is 17.2. The number of hydrogen-bond acceptors (Lipinski definition) is 6. The minimum Gasteiger partial charge on any atom is -0.358 e. The number of hydrogen-bond donors (Lipinski definition) is 2. The molecule has 0 radical (unpaired) electrons. The molecule has 1 amide bonds. The molecule has 196 valence electrons. The smallest absolute Gasteiger partial charge is 0.269 e. The first-order chi connectivity index (χ1) is 17.3. The van der Waals surface area contributed by atoms with Gasteiger partial charge in [0, 0.05) is 37.6 Å². The van der Waals surface area contributed by atoms with Crippen molar-refractivity contribution in [2.24, 2.45) is 0 Å². The molecule has 1 aliphatic heterocycles. The maximum atomic E-state index is 13.9. The molecule has 2 aromatic carbocycles. The zero-order valence-corrected chi connectivity index (χ0v) is 23.8. The van der Waals surface area contributed by atoms with Crippen LogP contribution in [-0.4, -0.2) is 71.8 Å². The number of carbonyl (C=O) groups excluding carboxylic acids is 1. The van der Waals surface area contributed by atoms with Gasteiger partial charge in [-0.15, -0.1) is 5.54 Å². The Hall–Kier alpha value is -2.95. The van der Waals surface area contributed by atoms with Crippen LogP contribution in [0.4, 0.5) is 0 Å². The maximum absolute atomic E-state index is 13.9. The van der Waals surface area contributed by atoms with Crippen LogP contribution in [-0.2, 0) is 24.8 Å². The fourth-order valence-electron chi connectivity index (χ4n) is 4.05. The molecule has 4 rings (SSSR count). The molecule has 0 saturated carbocycles. The molecule has 1 saturated heterocycles. The number of sulfonamides is 1. The van der Waals surface area contributed by atoms with Crippen LogP contribution < -0.4 is 10.6 Å². The summed E-state index contributed by atoms with van der Waals surface area (Å²) in [6, 6.07) is 13.3. The highest BCUT2D eigenvalue weighted by atomic mass is 32.2. The minimum atomic E-state index is -4.30. The van der Waals surface area contributed by atoms with Gasteiger partial charge in [-0.05, 0) is 36.4 Å². The third-order valence-electron chi connectivity index (χ3n) is 5.89. The SMILES string of the molecule is CNC(=O)C1CN(S(=O)(=O)c2cc3cc(C#C[Si](C)(C)C)ccc3n2S(=O)(=O)c2ccccc2)CCN1. The first-order valence-electron chi connectivity index (χ1n) is 11.8. The van der Waals surface area contributed by atoms with Gasteiger partial charge in [0.15, 0.2) is 5.03 Å². The Morgan fingerprint density at radius 2 is 1.73 bits per heavy atom. The van der Waals surface area contributed by atoms with Crippen LogP contribution in [0.3, 0.4) is 0 Å². The summed E-state index contributed by atoms with van der Waals surface area (Å²) in [5.41, 5.74) is 4.19. The summed E-state index contributed by atoms with van der Waals surface area (Å²) in [5.74, 6) is 2.80. The van der Waals surface area contributed by atoms with Gasteiger partial charge in [-0.2, -0.15) is 4.31 Å². The molecule has 1 unspecified atom stereocenters. The second-order valence-corrected chi connectivity index (χ2v) is 18.2. The zero-order chi connectivity index (χ0) is 27.0. The highest BCUT2D eigenvalue weighted by Crippen LogP contribution is 2.31. The van der Waals surface area contributed by atoms with E-state index in [0.717, 1.165) is 8.28 Å². The number of aromatic nitrogens is 1. The number of nitrogens with zero attached hydrogens (tertiary/aromatic N) is 2. The van der Waals surface area contributed by atoms with Crippen molar-refractivity contribution >= 4 is 44.9 Å². The lowest BCUT2D eigenvalue weighted by Crippen LogP contribution is -2.58. The van der Waals surface area contributed by atoms with Crippen molar-refractivity contribution in [1.82, 2.24) is 18.9 Å². The van der Waals surface area contributed by atoms with Gasteiger partial charge in [-0.1, -0.05) is 43.8 Å². The van der Waals surface area contributed by atoms with Gasteiger partial charge in [0.2, 0.25) is 5.91 Å². The van der Waals surface area contributed by atoms with Crippen LogP contribution in [0.5, 0.6) is 0 Å². The molecule has 3 aromatic rings. The van der Waals surface area contributed by atoms with E-state index in [1.807, 2.05) is 0 Å². The number of carbonyl (C=O) groups is 1. The van der Waals surface area contributed by atoms with E-state index in [1.165, 1.54) is 25.2 Å². The predicted molar refractivity (Wildman–Crippen MR) is 146 cm³/mol. The topological polar surface area (TPSA) is 118 Å². The second-order valence-electron chi connectivity index (χ2n) is 9.82. The van der Waals surface area contributed by atoms with E-state index in [9.17, 15) is 21.6 Å². The quantitative estimate of drug-likeness (QED) is 0.364. The average molecular weight is 559 g/mol. The second kappa shape index (κ2) is 10.1. The molecule has 0 bridgehead atoms. The van der Waals surface area contributed by atoms with E-state index < -0.39 is 34.2 Å². The van der Waals surface area contributed by atoms with Crippen LogP contribution >= 0.6 is 0 Å². The van der Waals surface area contributed by atoms with Crippen molar-refractivity contribution in [1.29, 1.82) is 0 Å². The van der Waals surface area contributed by atoms with Crippen LogP contribution in [0.25, 0.3) is 10.9 Å². The van der Waals surface area contributed by atoms with Gasteiger partial charge in [-0.25, -0.2) is 20.8 Å². The molecule has 2 heterocycles. The minimum absolute atomic E-state index is 0.0323. The lowest BCUT2D eigenvalue weighted by Gasteiger charge is -2.32. The monoisotopic (exact) mass is 558 g/mol. The molecule has 9 nitrogen and oxygen atoms in total. The lowest BCUT2D eigenvalue weighted by atomic mass is 10.2. The van der Waals surface area contributed by atoms with Gasteiger partial charge in [0.05, 0.1) is 10.4 Å². The van der Waals surface area contributed by atoms with Crippen LogP contribution in [0.2, 0.25) is 19.6 Å². The van der Waals surface area contributed by atoms with Gasteiger partial charge in [-0.3, -0.25) is 4.79 Å². The van der Waals surface area contributed by atoms with Crippen molar-refractivity contribution in [3.63, 3.8) is 0 Å². The Morgan fingerprint density at radius 1 is 1.03 bits per heavy atom. The molecule has 0 spiro atoms. The van der Waals surface area contributed by atoms with Gasteiger partial charge in [0.1, 0.15) is 14.1 Å². The Balaban J connectivity index is 1.92. The Labute approximate surface area is 219 Å². The van der Waals surface area contributed by atoms with Crippen molar-refractivity contribution in [3.05, 3.63) is 60.2 Å². The summed E-state index contributed by atoms with van der Waals surface area (Å²) >= 11 is 0. The Kier molecular flexibility index (Phi) is 7.38. The van der Waals surface area contributed by atoms with Gasteiger partial charge < -0.3 is 10.6 Å². The number of nitrogens with one attached hydrogen (secondary N) is 2. The van der Waals surface area contributed by atoms with Crippen LogP contribution in [0.1, 0.15) is 5.56 Å². The van der Waals surface area contributed by atoms with E-state index in [0.29, 0.717) is 10.9 Å². The van der Waals surface area contributed by atoms with Crippen molar-refractivity contribution in [3.8, 4) is 11.5 Å². The average Bonchev–Trinajstić information content (AvgIpc) is 3.28. The predicted octanol–water partition coefficient (Wildman–Crippen LogP) is 1.82. The summed E-state index contributed by atoms with van der Waals surface area (Å²) in [4.78, 5) is 12.2. The lowest BCUT2D eigenvalue weighted by molar-refractivity contribution is -0.123. The molecular formula is C25H30N4O5S2Si. The van der Waals surface area contributed by atoms with Gasteiger partial charge >= 0.3 is 0 Å². The summed E-state index contributed by atoms with van der Waals surface area (Å²) < 4.78 is 57.5. The third-order valence-corrected chi connectivity index (χ3v) is 10.5. The molecule has 0 aliphatic carbocycles.